The van der Waals surface area contributed by atoms with Crippen molar-refractivity contribution in [3.63, 3.8) is 0 Å². The first-order chi connectivity index (χ1) is 7.72. The molecule has 0 aliphatic carbocycles. The summed E-state index contributed by atoms with van der Waals surface area (Å²) in [6.45, 7) is 0. The molecule has 2 rings (SSSR count). The highest BCUT2D eigenvalue weighted by molar-refractivity contribution is 5.67. The van der Waals surface area contributed by atoms with E-state index in [0.717, 1.165) is 0 Å². The molecule has 1 N–H and O–H groups in total. The summed E-state index contributed by atoms with van der Waals surface area (Å²) in [4.78, 5) is 0. The highest BCUT2D eigenvalue weighted by Gasteiger charge is 2.09. The fourth-order valence-electron chi connectivity index (χ4n) is 1.53. The molecule has 0 heterocycles. The van der Waals surface area contributed by atoms with E-state index in [1.807, 2.05) is 0 Å². The first-order valence-corrected chi connectivity index (χ1v) is 4.84. The number of halogens is 1. The first kappa shape index (κ1) is 10.5. The van der Waals surface area contributed by atoms with Crippen molar-refractivity contribution in [3.05, 3.63) is 48.3 Å². The standard InChI is InChI=1S/C13H11FO2/c1-16-10-5-2-4-9(8-10)11-6-3-7-12(15)13(11)14/h2-8,15H,1H3. The number of phenolic OH excluding ortho intramolecular Hbond substituents is 1. The molecule has 0 bridgehead atoms. The van der Waals surface area contributed by atoms with E-state index in [0.29, 0.717) is 16.9 Å². The molecule has 0 aliphatic rings. The third kappa shape index (κ3) is 1.84. The van der Waals surface area contributed by atoms with Crippen molar-refractivity contribution in [2.24, 2.45) is 0 Å². The van der Waals surface area contributed by atoms with Gasteiger partial charge in [0.2, 0.25) is 0 Å². The van der Waals surface area contributed by atoms with Gasteiger partial charge >= 0.3 is 0 Å². The van der Waals surface area contributed by atoms with Crippen LogP contribution in [0, 0.1) is 5.82 Å². The lowest BCUT2D eigenvalue weighted by Crippen LogP contribution is -1.87. The Morgan fingerprint density at radius 2 is 1.88 bits per heavy atom. The van der Waals surface area contributed by atoms with Gasteiger partial charge in [-0.25, -0.2) is 4.39 Å². The molecule has 0 spiro atoms. The van der Waals surface area contributed by atoms with E-state index in [-0.39, 0.29) is 5.75 Å². The summed E-state index contributed by atoms with van der Waals surface area (Å²) in [7, 11) is 1.55. The number of ether oxygens (including phenoxy) is 1. The molecule has 0 unspecified atom stereocenters. The third-order valence-electron chi connectivity index (χ3n) is 2.36. The Kier molecular flexibility index (Phi) is 2.77. The molecule has 16 heavy (non-hydrogen) atoms. The zero-order valence-corrected chi connectivity index (χ0v) is 8.77. The average Bonchev–Trinajstić information content (AvgIpc) is 2.33. The van der Waals surface area contributed by atoms with Crippen LogP contribution in [-0.4, -0.2) is 12.2 Å². The molecule has 0 amide bonds. The topological polar surface area (TPSA) is 29.5 Å². The molecule has 0 radical (unpaired) electrons. The molecule has 0 aromatic heterocycles. The van der Waals surface area contributed by atoms with E-state index in [1.54, 1.807) is 43.5 Å². The van der Waals surface area contributed by atoms with Crippen LogP contribution >= 0.6 is 0 Å². The average molecular weight is 218 g/mol. The van der Waals surface area contributed by atoms with Crippen LogP contribution in [0.3, 0.4) is 0 Å². The number of phenols is 1. The maximum Gasteiger partial charge on any atom is 0.172 e. The summed E-state index contributed by atoms with van der Waals surface area (Å²) in [6, 6.07) is 11.6. The Morgan fingerprint density at radius 3 is 2.62 bits per heavy atom. The molecule has 2 aromatic carbocycles. The summed E-state index contributed by atoms with van der Waals surface area (Å²) in [6.07, 6.45) is 0. The minimum absolute atomic E-state index is 0.347. The van der Waals surface area contributed by atoms with Crippen molar-refractivity contribution >= 4 is 0 Å². The lowest BCUT2D eigenvalue weighted by molar-refractivity contribution is 0.415. The number of benzene rings is 2. The molecule has 3 heteroatoms. The van der Waals surface area contributed by atoms with Crippen molar-refractivity contribution in [2.45, 2.75) is 0 Å². The van der Waals surface area contributed by atoms with Crippen LogP contribution in [-0.2, 0) is 0 Å². The van der Waals surface area contributed by atoms with Gasteiger partial charge in [-0.15, -0.1) is 0 Å². The number of hydrogen-bond acceptors (Lipinski definition) is 2. The van der Waals surface area contributed by atoms with Gasteiger partial charge in [0.25, 0.3) is 0 Å². The van der Waals surface area contributed by atoms with Gasteiger partial charge in [0.1, 0.15) is 5.75 Å². The lowest BCUT2D eigenvalue weighted by Gasteiger charge is -2.06. The molecule has 0 saturated heterocycles. The van der Waals surface area contributed by atoms with Crippen LogP contribution in [0.15, 0.2) is 42.5 Å². The van der Waals surface area contributed by atoms with Gasteiger partial charge in [0, 0.05) is 5.56 Å². The van der Waals surface area contributed by atoms with Gasteiger partial charge in [-0.1, -0.05) is 24.3 Å². The summed E-state index contributed by atoms with van der Waals surface area (Å²) in [5, 5.41) is 9.28. The second-order valence-corrected chi connectivity index (χ2v) is 3.37. The predicted octanol–water partition coefficient (Wildman–Crippen LogP) is 3.21. The Hall–Kier alpha value is -2.03. The molecular weight excluding hydrogens is 207 g/mol. The van der Waals surface area contributed by atoms with E-state index in [1.165, 1.54) is 6.07 Å². The Bertz CT molecular complexity index is 509. The minimum Gasteiger partial charge on any atom is -0.505 e. The van der Waals surface area contributed by atoms with Crippen molar-refractivity contribution in [1.82, 2.24) is 0 Å². The quantitative estimate of drug-likeness (QED) is 0.838. The maximum atomic E-state index is 13.6. The highest BCUT2D eigenvalue weighted by atomic mass is 19.1. The van der Waals surface area contributed by atoms with Crippen LogP contribution in [0.2, 0.25) is 0 Å². The molecular formula is C13H11FO2. The lowest BCUT2D eigenvalue weighted by atomic mass is 10.0. The molecule has 0 fully saturated rings. The molecule has 0 saturated carbocycles. The molecule has 2 aromatic rings. The predicted molar refractivity (Wildman–Crippen MR) is 60.1 cm³/mol. The van der Waals surface area contributed by atoms with Gasteiger partial charge in [-0.3, -0.25) is 0 Å². The zero-order valence-electron chi connectivity index (χ0n) is 8.77. The van der Waals surface area contributed by atoms with E-state index in [2.05, 4.69) is 0 Å². The largest absolute Gasteiger partial charge is 0.505 e. The van der Waals surface area contributed by atoms with Crippen LogP contribution in [0.5, 0.6) is 11.5 Å². The first-order valence-electron chi connectivity index (χ1n) is 4.84. The number of aromatic hydroxyl groups is 1. The second kappa shape index (κ2) is 4.23. The van der Waals surface area contributed by atoms with E-state index in [9.17, 15) is 9.50 Å². The zero-order chi connectivity index (χ0) is 11.5. The van der Waals surface area contributed by atoms with Crippen molar-refractivity contribution in [3.8, 4) is 22.6 Å². The van der Waals surface area contributed by atoms with Gasteiger partial charge in [0.05, 0.1) is 7.11 Å². The fourth-order valence-corrected chi connectivity index (χ4v) is 1.53. The Labute approximate surface area is 92.9 Å². The van der Waals surface area contributed by atoms with E-state index >= 15 is 0 Å². The Balaban J connectivity index is 2.54. The fraction of sp³-hybridized carbons (Fsp3) is 0.0769. The number of hydrogen-bond donors (Lipinski definition) is 1. The number of methoxy groups -OCH3 is 1. The van der Waals surface area contributed by atoms with Crippen LogP contribution in [0.4, 0.5) is 4.39 Å². The normalized spacial score (nSPS) is 10.1. The van der Waals surface area contributed by atoms with Crippen LogP contribution in [0.25, 0.3) is 11.1 Å². The molecule has 2 nitrogen and oxygen atoms in total. The highest BCUT2D eigenvalue weighted by Crippen LogP contribution is 2.30. The van der Waals surface area contributed by atoms with Gasteiger partial charge in [-0.2, -0.15) is 0 Å². The van der Waals surface area contributed by atoms with Gasteiger partial charge in [-0.05, 0) is 23.8 Å². The third-order valence-corrected chi connectivity index (χ3v) is 2.36. The van der Waals surface area contributed by atoms with Gasteiger partial charge in [0.15, 0.2) is 11.6 Å². The smallest absolute Gasteiger partial charge is 0.172 e. The molecule has 82 valence electrons. The molecule has 0 aliphatic heterocycles. The van der Waals surface area contributed by atoms with E-state index < -0.39 is 5.82 Å². The maximum absolute atomic E-state index is 13.6. The number of rotatable bonds is 2. The summed E-state index contributed by atoms with van der Waals surface area (Å²) in [5.41, 5.74) is 1.03. The van der Waals surface area contributed by atoms with Gasteiger partial charge < -0.3 is 9.84 Å². The minimum atomic E-state index is -0.615. The van der Waals surface area contributed by atoms with Crippen LogP contribution < -0.4 is 4.74 Å². The van der Waals surface area contributed by atoms with Crippen LogP contribution in [0.1, 0.15) is 0 Å². The monoisotopic (exact) mass is 218 g/mol. The summed E-state index contributed by atoms with van der Waals surface area (Å²) >= 11 is 0. The summed E-state index contributed by atoms with van der Waals surface area (Å²) in [5.74, 6) is -0.309. The SMILES string of the molecule is COc1cccc(-c2cccc(O)c2F)c1. The second-order valence-electron chi connectivity index (χ2n) is 3.37. The van der Waals surface area contributed by atoms with Crippen molar-refractivity contribution in [1.29, 1.82) is 0 Å². The summed E-state index contributed by atoms with van der Waals surface area (Å²) < 4.78 is 18.7. The van der Waals surface area contributed by atoms with Crippen molar-refractivity contribution < 1.29 is 14.2 Å². The van der Waals surface area contributed by atoms with E-state index in [4.69, 9.17) is 4.74 Å². The Morgan fingerprint density at radius 1 is 1.12 bits per heavy atom. The molecule has 0 atom stereocenters. The van der Waals surface area contributed by atoms with Crippen molar-refractivity contribution in [2.75, 3.05) is 7.11 Å².